The van der Waals surface area contributed by atoms with Crippen molar-refractivity contribution >= 4 is 17.5 Å². The Kier molecular flexibility index (Phi) is 4.98. The van der Waals surface area contributed by atoms with Crippen LogP contribution in [-0.4, -0.2) is 40.6 Å². The first-order valence-electron chi connectivity index (χ1n) is 7.93. The van der Waals surface area contributed by atoms with Gasteiger partial charge in [-0.15, -0.1) is 0 Å². The molecule has 1 aromatic heterocycles. The molecule has 1 unspecified atom stereocenters. The normalized spacial score (nSPS) is 16.4. The van der Waals surface area contributed by atoms with Gasteiger partial charge < -0.3 is 5.32 Å². The SMILES string of the molecule is Cc1[nH]ncc1C(=O)NCC(c1ccccc1Cl)N1CCCC1. The molecule has 1 saturated heterocycles. The molecule has 6 heteroatoms. The summed E-state index contributed by atoms with van der Waals surface area (Å²) in [6.07, 6.45) is 3.94. The predicted molar refractivity (Wildman–Crippen MR) is 90.7 cm³/mol. The van der Waals surface area contributed by atoms with Crippen LogP contribution < -0.4 is 5.32 Å². The fourth-order valence-electron chi connectivity index (χ4n) is 3.10. The number of carbonyl (C=O) groups is 1. The maximum absolute atomic E-state index is 12.3. The molecule has 0 radical (unpaired) electrons. The highest BCUT2D eigenvalue weighted by Crippen LogP contribution is 2.29. The van der Waals surface area contributed by atoms with Crippen LogP contribution in [0.5, 0.6) is 0 Å². The van der Waals surface area contributed by atoms with Gasteiger partial charge >= 0.3 is 0 Å². The van der Waals surface area contributed by atoms with Crippen LogP contribution in [0.25, 0.3) is 0 Å². The fourth-order valence-corrected chi connectivity index (χ4v) is 3.36. The monoisotopic (exact) mass is 332 g/mol. The molecule has 1 amide bonds. The van der Waals surface area contributed by atoms with Crippen LogP contribution in [0.2, 0.25) is 5.02 Å². The van der Waals surface area contributed by atoms with Gasteiger partial charge in [0.2, 0.25) is 0 Å². The highest BCUT2D eigenvalue weighted by molar-refractivity contribution is 6.31. The maximum Gasteiger partial charge on any atom is 0.254 e. The highest BCUT2D eigenvalue weighted by atomic mass is 35.5. The van der Waals surface area contributed by atoms with Gasteiger partial charge in [-0.1, -0.05) is 29.8 Å². The summed E-state index contributed by atoms with van der Waals surface area (Å²) in [7, 11) is 0. The summed E-state index contributed by atoms with van der Waals surface area (Å²) in [5.74, 6) is -0.104. The van der Waals surface area contributed by atoms with Gasteiger partial charge in [0, 0.05) is 17.3 Å². The number of aromatic amines is 1. The van der Waals surface area contributed by atoms with Crippen LogP contribution in [0.4, 0.5) is 0 Å². The Balaban J connectivity index is 1.75. The van der Waals surface area contributed by atoms with Crippen molar-refractivity contribution in [2.45, 2.75) is 25.8 Å². The lowest BCUT2D eigenvalue weighted by Crippen LogP contribution is -2.37. The first kappa shape index (κ1) is 16.0. The fraction of sp³-hybridized carbons (Fsp3) is 0.412. The average molecular weight is 333 g/mol. The number of hydrogen-bond acceptors (Lipinski definition) is 3. The van der Waals surface area contributed by atoms with Crippen molar-refractivity contribution in [3.63, 3.8) is 0 Å². The molecule has 1 aliphatic heterocycles. The van der Waals surface area contributed by atoms with Gasteiger partial charge in [-0.05, 0) is 44.5 Å². The topological polar surface area (TPSA) is 61.0 Å². The molecule has 122 valence electrons. The second-order valence-corrected chi connectivity index (χ2v) is 6.31. The lowest BCUT2D eigenvalue weighted by atomic mass is 10.1. The van der Waals surface area contributed by atoms with Gasteiger partial charge in [-0.2, -0.15) is 5.10 Å². The first-order valence-corrected chi connectivity index (χ1v) is 8.31. The summed E-state index contributed by atoms with van der Waals surface area (Å²) in [4.78, 5) is 14.7. The smallest absolute Gasteiger partial charge is 0.254 e. The van der Waals surface area contributed by atoms with Crippen molar-refractivity contribution in [3.05, 3.63) is 52.3 Å². The number of aromatic nitrogens is 2. The van der Waals surface area contributed by atoms with E-state index < -0.39 is 0 Å². The number of hydrogen-bond donors (Lipinski definition) is 2. The third-order valence-corrected chi connectivity index (χ3v) is 4.72. The zero-order chi connectivity index (χ0) is 16.2. The number of nitrogens with one attached hydrogen (secondary N) is 2. The van der Waals surface area contributed by atoms with Crippen molar-refractivity contribution in [2.24, 2.45) is 0 Å². The molecular formula is C17H21ClN4O. The molecule has 23 heavy (non-hydrogen) atoms. The van der Waals surface area contributed by atoms with Crippen LogP contribution >= 0.6 is 11.6 Å². The zero-order valence-electron chi connectivity index (χ0n) is 13.2. The average Bonchev–Trinajstić information content (AvgIpc) is 3.20. The van der Waals surface area contributed by atoms with Crippen LogP contribution in [0.15, 0.2) is 30.5 Å². The summed E-state index contributed by atoms with van der Waals surface area (Å²) in [5.41, 5.74) is 2.43. The third-order valence-electron chi connectivity index (χ3n) is 4.38. The lowest BCUT2D eigenvalue weighted by molar-refractivity contribution is 0.0937. The Morgan fingerprint density at radius 2 is 2.13 bits per heavy atom. The van der Waals surface area contributed by atoms with Crippen molar-refractivity contribution in [1.29, 1.82) is 0 Å². The molecular weight excluding hydrogens is 312 g/mol. The largest absolute Gasteiger partial charge is 0.350 e. The maximum atomic E-state index is 12.3. The third kappa shape index (κ3) is 3.57. The number of carbonyl (C=O) groups excluding carboxylic acids is 1. The van der Waals surface area contributed by atoms with E-state index in [9.17, 15) is 4.79 Å². The predicted octanol–water partition coefficient (Wildman–Crippen LogP) is 2.94. The summed E-state index contributed by atoms with van der Waals surface area (Å²) >= 11 is 6.38. The van der Waals surface area contributed by atoms with Crippen LogP contribution in [0.1, 0.15) is 40.5 Å². The molecule has 5 nitrogen and oxygen atoms in total. The van der Waals surface area contributed by atoms with Gasteiger partial charge in [0.25, 0.3) is 5.91 Å². The minimum absolute atomic E-state index is 0.0994. The number of benzene rings is 1. The highest BCUT2D eigenvalue weighted by Gasteiger charge is 2.25. The van der Waals surface area contributed by atoms with Gasteiger partial charge in [0.05, 0.1) is 17.8 Å². The number of likely N-dealkylation sites (tertiary alicyclic amines) is 1. The molecule has 0 saturated carbocycles. The zero-order valence-corrected chi connectivity index (χ0v) is 13.9. The number of halogens is 1. The number of H-pyrrole nitrogens is 1. The van der Waals surface area contributed by atoms with Gasteiger partial charge in [0.1, 0.15) is 0 Å². The summed E-state index contributed by atoms with van der Waals surface area (Å²) < 4.78 is 0. The van der Waals surface area contributed by atoms with E-state index in [4.69, 9.17) is 11.6 Å². The molecule has 0 bridgehead atoms. The first-order chi connectivity index (χ1) is 11.2. The van der Waals surface area contributed by atoms with E-state index in [0.29, 0.717) is 12.1 Å². The minimum atomic E-state index is -0.104. The van der Waals surface area contributed by atoms with E-state index in [0.717, 1.165) is 29.4 Å². The Hall–Kier alpha value is -1.85. The van der Waals surface area contributed by atoms with Crippen molar-refractivity contribution in [1.82, 2.24) is 20.4 Å². The van der Waals surface area contributed by atoms with E-state index in [1.165, 1.54) is 12.8 Å². The minimum Gasteiger partial charge on any atom is -0.350 e. The molecule has 1 aromatic carbocycles. The van der Waals surface area contributed by atoms with Gasteiger partial charge in [-0.3, -0.25) is 14.8 Å². The molecule has 0 spiro atoms. The lowest BCUT2D eigenvalue weighted by Gasteiger charge is -2.28. The quantitative estimate of drug-likeness (QED) is 0.885. The van der Waals surface area contributed by atoms with E-state index in [2.05, 4.69) is 20.4 Å². The van der Waals surface area contributed by atoms with E-state index in [-0.39, 0.29) is 11.9 Å². The molecule has 1 fully saturated rings. The molecule has 2 N–H and O–H groups in total. The van der Waals surface area contributed by atoms with E-state index in [1.54, 1.807) is 6.20 Å². The number of aryl methyl sites for hydroxylation is 1. The number of rotatable bonds is 5. The van der Waals surface area contributed by atoms with E-state index >= 15 is 0 Å². The molecule has 2 aromatic rings. The van der Waals surface area contributed by atoms with Gasteiger partial charge in [-0.25, -0.2) is 0 Å². The van der Waals surface area contributed by atoms with Crippen LogP contribution in [0.3, 0.4) is 0 Å². The van der Waals surface area contributed by atoms with Crippen LogP contribution in [0, 0.1) is 6.92 Å². The Labute approximate surface area is 141 Å². The van der Waals surface area contributed by atoms with Crippen molar-refractivity contribution in [3.8, 4) is 0 Å². The van der Waals surface area contributed by atoms with Crippen molar-refractivity contribution < 1.29 is 4.79 Å². The Bertz CT molecular complexity index is 679. The Morgan fingerprint density at radius 1 is 1.39 bits per heavy atom. The second kappa shape index (κ2) is 7.15. The summed E-state index contributed by atoms with van der Waals surface area (Å²) in [6, 6.07) is 7.97. The molecule has 1 aliphatic rings. The van der Waals surface area contributed by atoms with Gasteiger partial charge in [0.15, 0.2) is 0 Å². The summed E-state index contributed by atoms with van der Waals surface area (Å²) in [6.45, 7) is 4.45. The second-order valence-electron chi connectivity index (χ2n) is 5.90. The van der Waals surface area contributed by atoms with Crippen LogP contribution in [-0.2, 0) is 0 Å². The number of amides is 1. The molecule has 2 heterocycles. The van der Waals surface area contributed by atoms with Crippen molar-refractivity contribution in [2.75, 3.05) is 19.6 Å². The standard InChI is InChI=1S/C17H21ClN4O/c1-12-14(10-20-21-12)17(23)19-11-16(22-8-4-5-9-22)13-6-2-3-7-15(13)18/h2-3,6-7,10,16H,4-5,8-9,11H2,1H3,(H,19,23)(H,20,21). The number of nitrogens with zero attached hydrogens (tertiary/aromatic N) is 2. The molecule has 0 aliphatic carbocycles. The molecule has 3 rings (SSSR count). The Morgan fingerprint density at radius 3 is 2.78 bits per heavy atom. The summed E-state index contributed by atoms with van der Waals surface area (Å²) in [5, 5.41) is 10.5. The van der Waals surface area contributed by atoms with E-state index in [1.807, 2.05) is 31.2 Å². The molecule has 1 atom stereocenters.